The van der Waals surface area contributed by atoms with Gasteiger partial charge in [-0.25, -0.2) is 4.98 Å². The van der Waals surface area contributed by atoms with Crippen LogP contribution < -0.4 is 15.8 Å². The minimum Gasteiger partial charge on any atom is -0.478 e. The number of fused-ring (bicyclic) bond motifs is 1. The fourth-order valence-electron chi connectivity index (χ4n) is 2.58. The molecule has 0 fully saturated rings. The van der Waals surface area contributed by atoms with Crippen molar-refractivity contribution in [2.24, 2.45) is 0 Å². The van der Waals surface area contributed by atoms with Gasteiger partial charge in [-0.15, -0.1) is 0 Å². The molecule has 0 aliphatic heterocycles. The summed E-state index contributed by atoms with van der Waals surface area (Å²) >= 11 is 0. The van der Waals surface area contributed by atoms with Gasteiger partial charge in [0.1, 0.15) is 0 Å². The Kier molecular flexibility index (Phi) is 3.41. The molecule has 0 saturated heterocycles. The molecule has 1 atom stereocenters. The van der Waals surface area contributed by atoms with Crippen molar-refractivity contribution in [1.82, 2.24) is 9.97 Å². The van der Waals surface area contributed by atoms with Crippen molar-refractivity contribution in [3.05, 3.63) is 41.6 Å². The lowest BCUT2D eigenvalue weighted by molar-refractivity contribution is 0.326. The Hall–Kier alpha value is -2.30. The van der Waals surface area contributed by atoms with Crippen LogP contribution in [0.4, 0.5) is 11.6 Å². The van der Waals surface area contributed by atoms with Gasteiger partial charge in [0.05, 0.1) is 12.6 Å². The fourth-order valence-corrected chi connectivity index (χ4v) is 2.58. The molecule has 1 aromatic carbocycles. The van der Waals surface area contributed by atoms with Gasteiger partial charge in [0.2, 0.25) is 11.8 Å². The maximum absolute atomic E-state index is 5.82. The standard InChI is InChI=1S/C15H18N4O/c1-2-20-14-7-8-17-15(19-14)18-13-6-3-10-9-11(16)4-5-12(10)13/h4-5,7-9,13H,2-3,6,16H2,1H3,(H,17,18,19). The fraction of sp³-hybridized carbons (Fsp3) is 0.333. The molecule has 2 aromatic rings. The van der Waals surface area contributed by atoms with Gasteiger partial charge in [-0.05, 0) is 43.0 Å². The molecule has 0 saturated carbocycles. The van der Waals surface area contributed by atoms with E-state index < -0.39 is 0 Å². The number of anilines is 2. The third kappa shape index (κ3) is 2.52. The summed E-state index contributed by atoms with van der Waals surface area (Å²) in [6, 6.07) is 8.08. The molecule has 1 heterocycles. The monoisotopic (exact) mass is 270 g/mol. The number of aromatic nitrogens is 2. The molecule has 3 N–H and O–H groups in total. The lowest BCUT2D eigenvalue weighted by Gasteiger charge is -2.14. The zero-order valence-electron chi connectivity index (χ0n) is 11.5. The van der Waals surface area contributed by atoms with Gasteiger partial charge in [-0.3, -0.25) is 0 Å². The van der Waals surface area contributed by atoms with E-state index in [4.69, 9.17) is 10.5 Å². The first-order chi connectivity index (χ1) is 9.76. The Morgan fingerprint density at radius 3 is 3.15 bits per heavy atom. The summed E-state index contributed by atoms with van der Waals surface area (Å²) < 4.78 is 5.39. The first-order valence-corrected chi connectivity index (χ1v) is 6.87. The molecule has 0 bridgehead atoms. The smallest absolute Gasteiger partial charge is 0.226 e. The average Bonchev–Trinajstić information content (AvgIpc) is 2.82. The second-order valence-corrected chi connectivity index (χ2v) is 4.85. The Balaban J connectivity index is 1.78. The number of nitrogens with one attached hydrogen (secondary N) is 1. The molecule has 1 aliphatic rings. The Morgan fingerprint density at radius 2 is 2.30 bits per heavy atom. The number of nitrogen functional groups attached to an aromatic ring is 1. The van der Waals surface area contributed by atoms with Crippen LogP contribution in [-0.4, -0.2) is 16.6 Å². The molecule has 20 heavy (non-hydrogen) atoms. The quantitative estimate of drug-likeness (QED) is 0.835. The maximum atomic E-state index is 5.82. The number of ether oxygens (including phenoxy) is 1. The third-order valence-electron chi connectivity index (χ3n) is 3.47. The molecule has 5 heteroatoms. The zero-order valence-corrected chi connectivity index (χ0v) is 11.5. The zero-order chi connectivity index (χ0) is 13.9. The molecule has 1 aliphatic carbocycles. The molecule has 0 radical (unpaired) electrons. The lowest BCUT2D eigenvalue weighted by atomic mass is 10.1. The van der Waals surface area contributed by atoms with Crippen LogP contribution in [0.2, 0.25) is 0 Å². The number of rotatable bonds is 4. The summed E-state index contributed by atoms with van der Waals surface area (Å²) in [5, 5.41) is 3.37. The summed E-state index contributed by atoms with van der Waals surface area (Å²) in [4.78, 5) is 8.60. The Morgan fingerprint density at radius 1 is 1.40 bits per heavy atom. The predicted molar refractivity (Wildman–Crippen MR) is 78.7 cm³/mol. The molecule has 104 valence electrons. The van der Waals surface area contributed by atoms with Crippen LogP contribution in [-0.2, 0) is 6.42 Å². The van der Waals surface area contributed by atoms with Crippen LogP contribution in [0, 0.1) is 0 Å². The molecular formula is C15H18N4O. The van der Waals surface area contributed by atoms with Crippen LogP contribution >= 0.6 is 0 Å². The summed E-state index contributed by atoms with van der Waals surface area (Å²) in [5.74, 6) is 1.20. The summed E-state index contributed by atoms with van der Waals surface area (Å²) in [6.07, 6.45) is 3.77. The minimum atomic E-state index is 0.238. The normalized spacial score (nSPS) is 16.8. The van der Waals surface area contributed by atoms with Crippen molar-refractivity contribution in [3.8, 4) is 5.88 Å². The number of hydrogen-bond acceptors (Lipinski definition) is 5. The van der Waals surface area contributed by atoms with Gasteiger partial charge in [0, 0.05) is 18.0 Å². The third-order valence-corrected chi connectivity index (χ3v) is 3.47. The van der Waals surface area contributed by atoms with Gasteiger partial charge in [0.25, 0.3) is 0 Å². The van der Waals surface area contributed by atoms with Crippen molar-refractivity contribution < 1.29 is 4.74 Å². The van der Waals surface area contributed by atoms with Crippen LogP contribution in [0.1, 0.15) is 30.5 Å². The average molecular weight is 270 g/mol. The molecule has 0 spiro atoms. The number of aryl methyl sites for hydroxylation is 1. The second kappa shape index (κ2) is 5.36. The van der Waals surface area contributed by atoms with Gasteiger partial charge >= 0.3 is 0 Å². The van der Waals surface area contributed by atoms with E-state index in [0.717, 1.165) is 18.5 Å². The van der Waals surface area contributed by atoms with Crippen LogP contribution in [0.15, 0.2) is 30.5 Å². The van der Waals surface area contributed by atoms with Gasteiger partial charge in [0.15, 0.2) is 0 Å². The molecule has 5 nitrogen and oxygen atoms in total. The topological polar surface area (TPSA) is 73.1 Å². The first-order valence-electron chi connectivity index (χ1n) is 6.87. The second-order valence-electron chi connectivity index (χ2n) is 4.85. The van der Waals surface area contributed by atoms with E-state index in [-0.39, 0.29) is 6.04 Å². The molecular weight excluding hydrogens is 252 g/mol. The van der Waals surface area contributed by atoms with Crippen molar-refractivity contribution in [2.75, 3.05) is 17.7 Å². The number of benzene rings is 1. The van der Waals surface area contributed by atoms with E-state index >= 15 is 0 Å². The summed E-state index contributed by atoms with van der Waals surface area (Å²) in [7, 11) is 0. The van der Waals surface area contributed by atoms with E-state index in [1.165, 1.54) is 11.1 Å². The van der Waals surface area contributed by atoms with E-state index in [1.54, 1.807) is 12.3 Å². The van der Waals surface area contributed by atoms with Gasteiger partial charge < -0.3 is 15.8 Å². The van der Waals surface area contributed by atoms with E-state index in [0.29, 0.717) is 18.4 Å². The Bertz CT molecular complexity index is 615. The van der Waals surface area contributed by atoms with Gasteiger partial charge in [-0.1, -0.05) is 6.07 Å². The first kappa shape index (κ1) is 12.7. The van der Waals surface area contributed by atoms with Gasteiger partial charge in [-0.2, -0.15) is 4.98 Å². The molecule has 1 unspecified atom stereocenters. The van der Waals surface area contributed by atoms with Crippen molar-refractivity contribution >= 4 is 11.6 Å². The minimum absolute atomic E-state index is 0.238. The van der Waals surface area contributed by atoms with Crippen molar-refractivity contribution in [2.45, 2.75) is 25.8 Å². The molecule has 3 rings (SSSR count). The van der Waals surface area contributed by atoms with Crippen molar-refractivity contribution in [3.63, 3.8) is 0 Å². The summed E-state index contributed by atoms with van der Waals surface area (Å²) in [5.41, 5.74) is 9.23. The largest absolute Gasteiger partial charge is 0.478 e. The van der Waals surface area contributed by atoms with E-state index in [1.807, 2.05) is 13.0 Å². The van der Waals surface area contributed by atoms with Crippen LogP contribution in [0.25, 0.3) is 0 Å². The number of nitrogens with two attached hydrogens (primary N) is 1. The Labute approximate surface area is 118 Å². The highest BCUT2D eigenvalue weighted by atomic mass is 16.5. The lowest BCUT2D eigenvalue weighted by Crippen LogP contribution is -2.10. The predicted octanol–water partition coefficient (Wildman–Crippen LogP) is 2.56. The number of nitrogens with zero attached hydrogens (tertiary/aromatic N) is 2. The van der Waals surface area contributed by atoms with E-state index in [9.17, 15) is 0 Å². The SMILES string of the molecule is CCOc1ccnc(NC2CCc3cc(N)ccc32)n1. The van der Waals surface area contributed by atoms with Crippen molar-refractivity contribution in [1.29, 1.82) is 0 Å². The maximum Gasteiger partial charge on any atom is 0.226 e. The highest BCUT2D eigenvalue weighted by Crippen LogP contribution is 2.34. The highest BCUT2D eigenvalue weighted by Gasteiger charge is 2.23. The number of hydrogen-bond donors (Lipinski definition) is 2. The van der Waals surface area contributed by atoms with Crippen LogP contribution in [0.5, 0.6) is 5.88 Å². The highest BCUT2D eigenvalue weighted by molar-refractivity contribution is 5.49. The van der Waals surface area contributed by atoms with Crippen LogP contribution in [0.3, 0.4) is 0 Å². The van der Waals surface area contributed by atoms with E-state index in [2.05, 4.69) is 27.4 Å². The molecule has 1 aromatic heterocycles. The summed E-state index contributed by atoms with van der Waals surface area (Å²) in [6.45, 7) is 2.54. The molecule has 0 amide bonds.